The zero-order chi connectivity index (χ0) is 36.7. The minimum Gasteiger partial charge on any atom is -0.228 e. The van der Waals surface area contributed by atoms with Crippen LogP contribution in [0, 0.1) is 0 Å². The van der Waals surface area contributed by atoms with Crippen molar-refractivity contribution in [2.24, 2.45) is 0 Å². The van der Waals surface area contributed by atoms with Crippen LogP contribution in [-0.4, -0.2) is 9.97 Å². The van der Waals surface area contributed by atoms with Crippen molar-refractivity contribution in [3.63, 3.8) is 0 Å². The lowest BCUT2D eigenvalue weighted by Crippen LogP contribution is -2.16. The fourth-order valence-corrected chi connectivity index (χ4v) is 9.35. The molecule has 0 bridgehead atoms. The third-order valence-electron chi connectivity index (χ3n) is 11.9. The van der Waals surface area contributed by atoms with Crippen LogP contribution in [0.3, 0.4) is 0 Å². The smallest absolute Gasteiger partial charge is 0.161 e. The Kier molecular flexibility index (Phi) is 6.93. The summed E-state index contributed by atoms with van der Waals surface area (Å²) in [6.07, 6.45) is 0. The highest BCUT2D eigenvalue weighted by Gasteiger charge is 2.38. The van der Waals surface area contributed by atoms with Gasteiger partial charge in [-0.2, -0.15) is 0 Å². The van der Waals surface area contributed by atoms with Crippen molar-refractivity contribution < 1.29 is 0 Å². The van der Waals surface area contributed by atoms with Gasteiger partial charge in [0.1, 0.15) is 0 Å². The third-order valence-corrected chi connectivity index (χ3v) is 11.9. The Labute approximate surface area is 320 Å². The molecule has 1 aromatic heterocycles. The highest BCUT2D eigenvalue weighted by Crippen LogP contribution is 2.55. The third kappa shape index (κ3) is 4.81. The molecule has 1 aliphatic carbocycles. The van der Waals surface area contributed by atoms with Gasteiger partial charge in [0.2, 0.25) is 0 Å². The van der Waals surface area contributed by atoms with Gasteiger partial charge in [0.05, 0.1) is 11.4 Å². The quantitative estimate of drug-likeness (QED) is 0.183. The first kappa shape index (κ1) is 31.6. The molecule has 0 aliphatic heterocycles. The summed E-state index contributed by atoms with van der Waals surface area (Å²) in [7, 11) is 0. The van der Waals surface area contributed by atoms with E-state index in [0.29, 0.717) is 5.82 Å². The minimum atomic E-state index is -0.172. The summed E-state index contributed by atoms with van der Waals surface area (Å²) in [5.74, 6) is 0.716. The van der Waals surface area contributed by atoms with Crippen molar-refractivity contribution >= 4 is 43.1 Å². The molecule has 10 aromatic rings. The molecule has 2 heteroatoms. The summed E-state index contributed by atoms with van der Waals surface area (Å²) in [6, 6.07) is 65.8. The molecule has 1 aliphatic rings. The van der Waals surface area contributed by atoms with E-state index in [1.54, 1.807) is 0 Å². The first-order valence-corrected chi connectivity index (χ1v) is 19.1. The van der Waals surface area contributed by atoms with E-state index in [2.05, 4.69) is 196 Å². The molecule has 0 saturated heterocycles. The number of aromatic nitrogens is 2. The Morgan fingerprint density at radius 3 is 1.44 bits per heavy atom. The van der Waals surface area contributed by atoms with Gasteiger partial charge in [-0.05, 0) is 88.6 Å². The Hall–Kier alpha value is -6.90. The normalized spacial score (nSPS) is 13.1. The molecule has 0 atom stereocenters. The second-order valence-corrected chi connectivity index (χ2v) is 15.3. The lowest BCUT2D eigenvalue weighted by molar-refractivity contribution is 0.662. The number of fused-ring (bicyclic) bond motifs is 8. The topological polar surface area (TPSA) is 25.8 Å². The van der Waals surface area contributed by atoms with E-state index in [0.717, 1.165) is 33.5 Å². The van der Waals surface area contributed by atoms with Crippen molar-refractivity contribution in [3.05, 3.63) is 193 Å². The van der Waals surface area contributed by atoms with Crippen molar-refractivity contribution in [1.29, 1.82) is 0 Å². The largest absolute Gasteiger partial charge is 0.228 e. The molecule has 11 rings (SSSR count). The summed E-state index contributed by atoms with van der Waals surface area (Å²) in [5, 5.41) is 9.64. The molecule has 0 unspecified atom stereocenters. The molecule has 1 heterocycles. The van der Waals surface area contributed by atoms with Crippen LogP contribution >= 0.6 is 0 Å². The molecule has 2 nitrogen and oxygen atoms in total. The van der Waals surface area contributed by atoms with Gasteiger partial charge in [0.25, 0.3) is 0 Å². The van der Waals surface area contributed by atoms with Crippen LogP contribution in [0.1, 0.15) is 25.0 Å². The SMILES string of the molecule is CC1(C)c2ccc3ccccc3c2-c2cccc(-c3ccc(-c4nc(-c5cccc6ccccc56)cc(-c5cccc6ccccc56)n4)c4ccccc34)c21. The zero-order valence-electron chi connectivity index (χ0n) is 30.7. The molecule has 0 spiro atoms. The fourth-order valence-electron chi connectivity index (χ4n) is 9.35. The van der Waals surface area contributed by atoms with Gasteiger partial charge in [0, 0.05) is 22.1 Å². The molecule has 0 N–H and O–H groups in total. The van der Waals surface area contributed by atoms with E-state index in [1.807, 2.05) is 0 Å². The van der Waals surface area contributed by atoms with Crippen molar-refractivity contribution in [1.82, 2.24) is 9.97 Å². The predicted molar refractivity (Wildman–Crippen MR) is 231 cm³/mol. The number of rotatable bonds is 4. The second kappa shape index (κ2) is 12.1. The van der Waals surface area contributed by atoms with Crippen molar-refractivity contribution in [2.75, 3.05) is 0 Å². The van der Waals surface area contributed by atoms with Crippen LogP contribution in [-0.2, 0) is 5.41 Å². The fraction of sp³-hybridized carbons (Fsp3) is 0.0566. The lowest BCUT2D eigenvalue weighted by Gasteiger charge is -2.25. The maximum absolute atomic E-state index is 5.41. The molecule has 0 radical (unpaired) electrons. The van der Waals surface area contributed by atoms with Crippen molar-refractivity contribution in [3.8, 4) is 56.2 Å². The maximum Gasteiger partial charge on any atom is 0.161 e. The van der Waals surface area contributed by atoms with Gasteiger partial charge >= 0.3 is 0 Å². The molecular weight excluding hydrogens is 665 g/mol. The van der Waals surface area contributed by atoms with Gasteiger partial charge in [-0.15, -0.1) is 0 Å². The summed E-state index contributed by atoms with van der Waals surface area (Å²) in [4.78, 5) is 10.8. The van der Waals surface area contributed by atoms with Gasteiger partial charge in [-0.1, -0.05) is 184 Å². The van der Waals surface area contributed by atoms with E-state index in [9.17, 15) is 0 Å². The lowest BCUT2D eigenvalue weighted by atomic mass is 9.78. The van der Waals surface area contributed by atoms with E-state index in [1.165, 1.54) is 71.1 Å². The Morgan fingerprint density at radius 2 is 0.800 bits per heavy atom. The van der Waals surface area contributed by atoms with E-state index in [-0.39, 0.29) is 5.41 Å². The van der Waals surface area contributed by atoms with E-state index in [4.69, 9.17) is 9.97 Å². The van der Waals surface area contributed by atoms with Crippen LogP contribution in [0.2, 0.25) is 0 Å². The molecule has 258 valence electrons. The van der Waals surface area contributed by atoms with Crippen LogP contribution in [0.5, 0.6) is 0 Å². The van der Waals surface area contributed by atoms with E-state index < -0.39 is 0 Å². The summed E-state index contributed by atoms with van der Waals surface area (Å²) in [5.41, 5.74) is 12.8. The second-order valence-electron chi connectivity index (χ2n) is 15.3. The molecule has 9 aromatic carbocycles. The average Bonchev–Trinajstić information content (AvgIpc) is 3.49. The first-order valence-electron chi connectivity index (χ1n) is 19.1. The maximum atomic E-state index is 5.41. The van der Waals surface area contributed by atoms with Gasteiger partial charge in [-0.25, -0.2) is 9.97 Å². The average molecular weight is 701 g/mol. The number of benzene rings is 9. The van der Waals surface area contributed by atoms with Crippen LogP contribution in [0.4, 0.5) is 0 Å². The molecule has 0 fully saturated rings. The number of hydrogen-bond donors (Lipinski definition) is 0. The minimum absolute atomic E-state index is 0.172. The summed E-state index contributed by atoms with van der Waals surface area (Å²) in [6.45, 7) is 4.77. The molecule has 55 heavy (non-hydrogen) atoms. The van der Waals surface area contributed by atoms with Gasteiger partial charge < -0.3 is 0 Å². The number of nitrogens with zero attached hydrogens (tertiary/aromatic N) is 2. The van der Waals surface area contributed by atoms with Crippen LogP contribution in [0.15, 0.2) is 182 Å². The summed E-state index contributed by atoms with van der Waals surface area (Å²) >= 11 is 0. The van der Waals surface area contributed by atoms with E-state index >= 15 is 0 Å². The Morgan fingerprint density at radius 1 is 0.345 bits per heavy atom. The van der Waals surface area contributed by atoms with Gasteiger partial charge in [0.15, 0.2) is 5.82 Å². The van der Waals surface area contributed by atoms with Crippen LogP contribution < -0.4 is 0 Å². The highest BCUT2D eigenvalue weighted by molar-refractivity contribution is 6.09. The first-order chi connectivity index (χ1) is 27.0. The van der Waals surface area contributed by atoms with Crippen LogP contribution in [0.25, 0.3) is 99.2 Å². The van der Waals surface area contributed by atoms with Crippen molar-refractivity contribution in [2.45, 2.75) is 19.3 Å². The predicted octanol–water partition coefficient (Wildman–Crippen LogP) is 14.1. The Balaban J connectivity index is 1.15. The zero-order valence-corrected chi connectivity index (χ0v) is 30.7. The standard InChI is InChI=1S/C53H36N2/c1-53(2)47-31-28-35-16-5-8-21-38(35)50(47)46-27-13-26-44(51(46)53)41-29-30-45(40-23-10-9-22-39(40)41)52-54-48(42-24-11-17-33-14-3-6-19-36(33)42)32-49(55-52)43-25-12-18-34-15-4-7-20-37(34)43/h3-32H,1-2H3. The molecular formula is C53H36N2. The number of hydrogen-bond acceptors (Lipinski definition) is 2. The molecule has 0 amide bonds. The molecule has 0 saturated carbocycles. The Bertz CT molecular complexity index is 3080. The van der Waals surface area contributed by atoms with Gasteiger partial charge in [-0.3, -0.25) is 0 Å². The highest BCUT2D eigenvalue weighted by atomic mass is 14.9. The monoisotopic (exact) mass is 700 g/mol. The summed E-state index contributed by atoms with van der Waals surface area (Å²) < 4.78 is 0.